The van der Waals surface area contributed by atoms with Gasteiger partial charge in [0, 0.05) is 23.6 Å². The fourth-order valence-corrected chi connectivity index (χ4v) is 3.40. The number of nitrogens with zero attached hydrogens (tertiary/aromatic N) is 3. The van der Waals surface area contributed by atoms with Crippen LogP contribution in [0.5, 0.6) is 0 Å². The normalized spacial score (nSPS) is 10.4. The zero-order chi connectivity index (χ0) is 20.8. The Kier molecular flexibility index (Phi) is 5.76. The Morgan fingerprint density at radius 2 is 1.77 bits per heavy atom. The Morgan fingerprint density at radius 3 is 2.57 bits per heavy atom. The maximum atomic E-state index is 12.4. The quantitative estimate of drug-likeness (QED) is 0.381. The van der Waals surface area contributed by atoms with Crippen molar-refractivity contribution >= 4 is 34.0 Å². The number of aromatic amines is 1. The van der Waals surface area contributed by atoms with E-state index in [0.717, 1.165) is 5.56 Å². The average molecular weight is 419 g/mol. The van der Waals surface area contributed by atoms with E-state index in [9.17, 15) is 9.59 Å². The third-order valence-electron chi connectivity index (χ3n) is 3.98. The summed E-state index contributed by atoms with van der Waals surface area (Å²) >= 11 is 1.18. The Balaban J connectivity index is 1.30. The van der Waals surface area contributed by atoms with Gasteiger partial charge in [0.05, 0.1) is 16.4 Å². The van der Waals surface area contributed by atoms with Gasteiger partial charge in [-0.25, -0.2) is 9.78 Å². The summed E-state index contributed by atoms with van der Waals surface area (Å²) in [4.78, 5) is 33.2. The average Bonchev–Trinajstić information content (AvgIpc) is 3.43. The monoisotopic (exact) mass is 419 g/mol. The lowest BCUT2D eigenvalue weighted by molar-refractivity contribution is 0.0954. The number of thiophene rings is 1. The van der Waals surface area contributed by atoms with Crippen LogP contribution in [0, 0.1) is 0 Å². The van der Waals surface area contributed by atoms with Crippen LogP contribution in [0.3, 0.4) is 0 Å². The van der Waals surface area contributed by atoms with Crippen molar-refractivity contribution in [3.63, 3.8) is 0 Å². The van der Waals surface area contributed by atoms with Gasteiger partial charge in [-0.05, 0) is 36.4 Å². The smallest absolute Gasteiger partial charge is 0.324 e. The molecule has 4 N–H and O–H groups in total. The molecule has 0 saturated heterocycles. The van der Waals surface area contributed by atoms with Crippen molar-refractivity contribution in [2.75, 3.05) is 10.6 Å². The van der Waals surface area contributed by atoms with E-state index >= 15 is 0 Å². The van der Waals surface area contributed by atoms with Gasteiger partial charge in [-0.3, -0.25) is 20.2 Å². The van der Waals surface area contributed by atoms with Crippen LogP contribution in [-0.4, -0.2) is 32.1 Å². The number of pyridine rings is 1. The van der Waals surface area contributed by atoms with E-state index < -0.39 is 0 Å². The fourth-order valence-electron chi connectivity index (χ4n) is 2.58. The largest absolute Gasteiger partial charge is 0.344 e. The first-order chi connectivity index (χ1) is 14.7. The van der Waals surface area contributed by atoms with Crippen molar-refractivity contribution in [3.05, 3.63) is 77.7 Å². The Bertz CT molecular complexity index is 1140. The number of H-pyrrole nitrogens is 1. The minimum atomic E-state index is -0.375. The van der Waals surface area contributed by atoms with Gasteiger partial charge in [-0.2, -0.15) is 5.10 Å². The third-order valence-corrected chi connectivity index (χ3v) is 4.98. The standard InChI is InChI=1S/C20H17N7O2S/c28-19(22-12-16-24-18(27-26-16)13-8-10-21-11-9-13)15-6-7-17(30-15)25-20(29)23-14-4-2-1-3-5-14/h1-11H,12H2,(H,22,28)(H2,23,25,29)(H,24,26,27). The maximum absolute atomic E-state index is 12.4. The SMILES string of the molecule is O=C(Nc1ccccc1)Nc1ccc(C(=O)NCc2nc(-c3ccncc3)n[nH]2)s1. The van der Waals surface area contributed by atoms with Crippen molar-refractivity contribution in [3.8, 4) is 11.4 Å². The lowest BCUT2D eigenvalue weighted by atomic mass is 10.2. The maximum Gasteiger partial charge on any atom is 0.324 e. The van der Waals surface area contributed by atoms with Crippen LogP contribution in [0.15, 0.2) is 67.0 Å². The van der Waals surface area contributed by atoms with Crippen molar-refractivity contribution in [1.82, 2.24) is 25.5 Å². The number of carbonyl (C=O) groups is 2. The molecular weight excluding hydrogens is 402 g/mol. The van der Waals surface area contributed by atoms with E-state index in [1.54, 1.807) is 48.8 Å². The minimum Gasteiger partial charge on any atom is -0.344 e. The number of nitrogens with one attached hydrogen (secondary N) is 4. The zero-order valence-corrected chi connectivity index (χ0v) is 16.4. The second kappa shape index (κ2) is 8.97. The summed E-state index contributed by atoms with van der Waals surface area (Å²) in [7, 11) is 0. The molecule has 0 aliphatic carbocycles. The highest BCUT2D eigenvalue weighted by Gasteiger charge is 2.12. The molecule has 10 heteroatoms. The van der Waals surface area contributed by atoms with Crippen molar-refractivity contribution in [2.24, 2.45) is 0 Å². The first-order valence-electron chi connectivity index (χ1n) is 9.00. The number of amides is 3. The summed E-state index contributed by atoms with van der Waals surface area (Å²) in [6.07, 6.45) is 3.32. The summed E-state index contributed by atoms with van der Waals surface area (Å²) in [5, 5.41) is 15.7. The van der Waals surface area contributed by atoms with Gasteiger partial charge < -0.3 is 10.6 Å². The Hall–Kier alpha value is -4.05. The number of para-hydroxylation sites is 1. The van der Waals surface area contributed by atoms with Crippen LogP contribution in [0.1, 0.15) is 15.5 Å². The molecule has 0 unspecified atom stereocenters. The predicted octanol–water partition coefficient (Wildman–Crippen LogP) is 3.50. The van der Waals surface area contributed by atoms with Crippen LogP contribution in [0.2, 0.25) is 0 Å². The molecule has 4 aromatic rings. The number of hydrogen-bond donors (Lipinski definition) is 4. The van der Waals surface area contributed by atoms with Crippen molar-refractivity contribution in [2.45, 2.75) is 6.54 Å². The molecule has 0 radical (unpaired) electrons. The van der Waals surface area contributed by atoms with Crippen LogP contribution >= 0.6 is 11.3 Å². The van der Waals surface area contributed by atoms with Crippen molar-refractivity contribution in [1.29, 1.82) is 0 Å². The van der Waals surface area contributed by atoms with Crippen LogP contribution < -0.4 is 16.0 Å². The van der Waals surface area contributed by atoms with Gasteiger partial charge in [0.25, 0.3) is 5.91 Å². The fraction of sp³-hybridized carbons (Fsp3) is 0.0500. The van der Waals surface area contributed by atoms with Crippen LogP contribution in [0.25, 0.3) is 11.4 Å². The summed E-state index contributed by atoms with van der Waals surface area (Å²) < 4.78 is 0. The number of aromatic nitrogens is 4. The van der Waals surface area contributed by atoms with Crippen LogP contribution in [-0.2, 0) is 6.54 Å². The summed E-state index contributed by atoms with van der Waals surface area (Å²) in [6, 6.07) is 15.7. The number of carbonyl (C=O) groups excluding carboxylic acids is 2. The highest BCUT2D eigenvalue weighted by Crippen LogP contribution is 2.22. The molecule has 30 heavy (non-hydrogen) atoms. The molecule has 3 amide bonds. The van der Waals surface area contributed by atoms with Gasteiger partial charge in [0.2, 0.25) is 0 Å². The first-order valence-corrected chi connectivity index (χ1v) is 9.82. The molecular formula is C20H17N7O2S. The number of benzene rings is 1. The highest BCUT2D eigenvalue weighted by atomic mass is 32.1. The summed E-state index contributed by atoms with van der Waals surface area (Å²) in [5.74, 6) is 0.805. The van der Waals surface area contributed by atoms with Gasteiger partial charge in [0.15, 0.2) is 5.82 Å². The van der Waals surface area contributed by atoms with Gasteiger partial charge in [-0.1, -0.05) is 18.2 Å². The second-order valence-electron chi connectivity index (χ2n) is 6.13. The van der Waals surface area contributed by atoms with Gasteiger partial charge >= 0.3 is 6.03 Å². The molecule has 0 bridgehead atoms. The number of hydrogen-bond acceptors (Lipinski definition) is 6. The number of rotatable bonds is 6. The number of anilines is 2. The molecule has 0 fully saturated rings. The molecule has 9 nitrogen and oxygen atoms in total. The topological polar surface area (TPSA) is 125 Å². The molecule has 0 aliphatic rings. The third kappa shape index (κ3) is 4.86. The molecule has 3 heterocycles. The van der Waals surface area contributed by atoms with Gasteiger partial charge in [-0.15, -0.1) is 11.3 Å². The molecule has 4 rings (SSSR count). The Labute approximate surface area is 175 Å². The van der Waals surface area contributed by atoms with E-state index in [2.05, 4.69) is 36.1 Å². The zero-order valence-electron chi connectivity index (χ0n) is 15.6. The molecule has 0 atom stereocenters. The van der Waals surface area contributed by atoms with E-state index in [0.29, 0.717) is 27.2 Å². The predicted molar refractivity (Wildman–Crippen MR) is 114 cm³/mol. The van der Waals surface area contributed by atoms with Crippen LogP contribution in [0.4, 0.5) is 15.5 Å². The molecule has 0 aliphatic heterocycles. The molecule has 0 spiro atoms. The van der Waals surface area contributed by atoms with E-state index in [4.69, 9.17) is 0 Å². The summed E-state index contributed by atoms with van der Waals surface area (Å²) in [5.41, 5.74) is 1.52. The first kappa shape index (κ1) is 19.3. The van der Waals surface area contributed by atoms with Gasteiger partial charge in [0.1, 0.15) is 5.82 Å². The minimum absolute atomic E-state index is 0.200. The lowest BCUT2D eigenvalue weighted by Gasteiger charge is -2.05. The second-order valence-corrected chi connectivity index (χ2v) is 7.22. The Morgan fingerprint density at radius 1 is 0.967 bits per heavy atom. The molecule has 150 valence electrons. The van der Waals surface area contributed by atoms with E-state index in [1.807, 2.05) is 18.2 Å². The van der Waals surface area contributed by atoms with E-state index in [1.165, 1.54) is 11.3 Å². The highest BCUT2D eigenvalue weighted by molar-refractivity contribution is 7.18. The summed E-state index contributed by atoms with van der Waals surface area (Å²) in [6.45, 7) is 0.200. The molecule has 3 aromatic heterocycles. The van der Waals surface area contributed by atoms with Crippen molar-refractivity contribution < 1.29 is 9.59 Å². The number of urea groups is 1. The lowest BCUT2D eigenvalue weighted by Crippen LogP contribution is -2.22. The molecule has 0 saturated carbocycles. The van der Waals surface area contributed by atoms with E-state index in [-0.39, 0.29) is 18.5 Å². The molecule has 1 aromatic carbocycles.